The second-order valence-corrected chi connectivity index (χ2v) is 5.89. The SMILES string of the molecule is CC(C)OCCCC(=O)C1CCN(C(C)C)CC1. The lowest BCUT2D eigenvalue weighted by Crippen LogP contribution is -2.40. The molecule has 0 atom stereocenters. The zero-order valence-electron chi connectivity index (χ0n) is 12.4. The largest absolute Gasteiger partial charge is 0.379 e. The molecule has 0 unspecified atom stereocenters. The van der Waals surface area contributed by atoms with Crippen molar-refractivity contribution < 1.29 is 9.53 Å². The van der Waals surface area contributed by atoms with Gasteiger partial charge in [0.05, 0.1) is 6.10 Å². The van der Waals surface area contributed by atoms with Crippen LogP contribution in [-0.4, -0.2) is 42.5 Å². The highest BCUT2D eigenvalue weighted by Crippen LogP contribution is 2.21. The molecule has 0 saturated carbocycles. The molecular weight excluding hydrogens is 226 g/mol. The van der Waals surface area contributed by atoms with Gasteiger partial charge in [-0.05, 0) is 60.0 Å². The summed E-state index contributed by atoms with van der Waals surface area (Å²) in [5, 5.41) is 0. The summed E-state index contributed by atoms with van der Waals surface area (Å²) in [5.41, 5.74) is 0. The molecule has 0 bridgehead atoms. The molecule has 0 N–H and O–H groups in total. The van der Waals surface area contributed by atoms with Crippen molar-refractivity contribution in [3.63, 3.8) is 0 Å². The molecule has 18 heavy (non-hydrogen) atoms. The van der Waals surface area contributed by atoms with E-state index < -0.39 is 0 Å². The van der Waals surface area contributed by atoms with Crippen LogP contribution in [0.5, 0.6) is 0 Å². The van der Waals surface area contributed by atoms with Gasteiger partial charge in [0.25, 0.3) is 0 Å². The molecule has 0 aromatic heterocycles. The first-order chi connectivity index (χ1) is 8.50. The minimum Gasteiger partial charge on any atom is -0.379 e. The molecule has 1 saturated heterocycles. The van der Waals surface area contributed by atoms with Crippen molar-refractivity contribution in [1.29, 1.82) is 0 Å². The Kier molecular flexibility index (Phi) is 6.87. The number of carbonyl (C=O) groups is 1. The molecule has 1 fully saturated rings. The highest BCUT2D eigenvalue weighted by Gasteiger charge is 2.25. The first kappa shape index (κ1) is 15.6. The van der Waals surface area contributed by atoms with Crippen LogP contribution in [-0.2, 0) is 9.53 Å². The van der Waals surface area contributed by atoms with E-state index >= 15 is 0 Å². The molecule has 0 radical (unpaired) electrons. The molecule has 0 aliphatic carbocycles. The number of nitrogens with zero attached hydrogens (tertiary/aromatic N) is 1. The number of likely N-dealkylation sites (tertiary alicyclic amines) is 1. The number of hydrogen-bond donors (Lipinski definition) is 0. The summed E-state index contributed by atoms with van der Waals surface area (Å²) in [6.45, 7) is 11.4. The van der Waals surface area contributed by atoms with Gasteiger partial charge in [-0.1, -0.05) is 0 Å². The normalized spacial score (nSPS) is 18.8. The van der Waals surface area contributed by atoms with Gasteiger partial charge in [0.15, 0.2) is 0 Å². The number of carbonyl (C=O) groups excluding carboxylic acids is 1. The van der Waals surface area contributed by atoms with Crippen molar-refractivity contribution in [2.24, 2.45) is 5.92 Å². The van der Waals surface area contributed by atoms with Gasteiger partial charge in [0.1, 0.15) is 5.78 Å². The number of ether oxygens (including phenoxy) is 1. The molecule has 0 aromatic rings. The second kappa shape index (κ2) is 7.90. The Morgan fingerprint density at radius 3 is 2.33 bits per heavy atom. The van der Waals surface area contributed by atoms with E-state index in [0.717, 1.165) is 32.4 Å². The van der Waals surface area contributed by atoms with Gasteiger partial charge >= 0.3 is 0 Å². The van der Waals surface area contributed by atoms with Crippen LogP contribution < -0.4 is 0 Å². The molecule has 1 rings (SSSR count). The third-order valence-corrected chi connectivity index (χ3v) is 3.73. The van der Waals surface area contributed by atoms with Crippen LogP contribution in [0.1, 0.15) is 53.4 Å². The van der Waals surface area contributed by atoms with E-state index in [-0.39, 0.29) is 6.10 Å². The molecule has 106 valence electrons. The third kappa shape index (κ3) is 5.49. The van der Waals surface area contributed by atoms with Crippen LogP contribution in [0, 0.1) is 5.92 Å². The first-order valence-corrected chi connectivity index (χ1v) is 7.39. The van der Waals surface area contributed by atoms with E-state index in [4.69, 9.17) is 4.74 Å². The standard InChI is InChI=1S/C15H29NO2/c1-12(2)16-9-7-14(8-10-16)15(17)6-5-11-18-13(3)4/h12-14H,5-11H2,1-4H3. The maximum atomic E-state index is 12.0. The lowest BCUT2D eigenvalue weighted by atomic mass is 9.90. The van der Waals surface area contributed by atoms with Crippen LogP contribution in [0.25, 0.3) is 0 Å². The zero-order valence-corrected chi connectivity index (χ0v) is 12.4. The Morgan fingerprint density at radius 2 is 1.83 bits per heavy atom. The number of hydrogen-bond acceptors (Lipinski definition) is 3. The van der Waals surface area contributed by atoms with E-state index in [2.05, 4.69) is 18.7 Å². The summed E-state index contributed by atoms with van der Waals surface area (Å²) in [6.07, 6.45) is 3.93. The minimum atomic E-state index is 0.273. The summed E-state index contributed by atoms with van der Waals surface area (Å²) in [4.78, 5) is 14.5. The summed E-state index contributed by atoms with van der Waals surface area (Å²) in [7, 11) is 0. The molecule has 0 aromatic carbocycles. The molecule has 0 amide bonds. The fourth-order valence-corrected chi connectivity index (χ4v) is 2.51. The fourth-order valence-electron chi connectivity index (χ4n) is 2.51. The van der Waals surface area contributed by atoms with Crippen molar-refractivity contribution in [2.75, 3.05) is 19.7 Å². The maximum absolute atomic E-state index is 12.0. The minimum absolute atomic E-state index is 0.273. The van der Waals surface area contributed by atoms with Crippen LogP contribution >= 0.6 is 0 Å². The van der Waals surface area contributed by atoms with Crippen molar-refractivity contribution in [1.82, 2.24) is 4.90 Å². The van der Waals surface area contributed by atoms with Crippen molar-refractivity contribution >= 4 is 5.78 Å². The quantitative estimate of drug-likeness (QED) is 0.655. The van der Waals surface area contributed by atoms with E-state index in [0.29, 0.717) is 30.8 Å². The van der Waals surface area contributed by atoms with Crippen LogP contribution in [0.2, 0.25) is 0 Å². The summed E-state index contributed by atoms with van der Waals surface area (Å²) in [5.74, 6) is 0.754. The molecule has 1 aliphatic rings. The molecule has 3 nitrogen and oxygen atoms in total. The van der Waals surface area contributed by atoms with Crippen LogP contribution in [0.4, 0.5) is 0 Å². The fraction of sp³-hybridized carbons (Fsp3) is 0.933. The van der Waals surface area contributed by atoms with E-state index in [1.54, 1.807) is 0 Å². The number of piperidine rings is 1. The Bertz CT molecular complexity index is 243. The number of rotatable bonds is 7. The Morgan fingerprint density at radius 1 is 1.22 bits per heavy atom. The number of Topliss-reactive ketones (excluding diaryl/α,β-unsaturated/α-hetero) is 1. The van der Waals surface area contributed by atoms with Gasteiger partial charge in [-0.25, -0.2) is 0 Å². The highest BCUT2D eigenvalue weighted by molar-refractivity contribution is 5.81. The average molecular weight is 255 g/mol. The lowest BCUT2D eigenvalue weighted by Gasteiger charge is -2.34. The summed E-state index contributed by atoms with van der Waals surface area (Å²) >= 11 is 0. The number of ketones is 1. The maximum Gasteiger partial charge on any atom is 0.136 e. The van der Waals surface area contributed by atoms with E-state index in [1.165, 1.54) is 0 Å². The van der Waals surface area contributed by atoms with Crippen LogP contribution in [0.15, 0.2) is 0 Å². The smallest absolute Gasteiger partial charge is 0.136 e. The molecule has 1 aliphatic heterocycles. The van der Waals surface area contributed by atoms with E-state index in [1.807, 2.05) is 13.8 Å². The van der Waals surface area contributed by atoms with Crippen molar-refractivity contribution in [3.05, 3.63) is 0 Å². The predicted octanol–water partition coefficient (Wildman–Crippen LogP) is 2.88. The highest BCUT2D eigenvalue weighted by atomic mass is 16.5. The lowest BCUT2D eigenvalue weighted by molar-refractivity contribution is -0.124. The van der Waals surface area contributed by atoms with Crippen molar-refractivity contribution in [3.8, 4) is 0 Å². The van der Waals surface area contributed by atoms with Gasteiger partial charge in [-0.15, -0.1) is 0 Å². The monoisotopic (exact) mass is 255 g/mol. The van der Waals surface area contributed by atoms with Gasteiger partial charge in [-0.2, -0.15) is 0 Å². The summed E-state index contributed by atoms with van der Waals surface area (Å²) in [6, 6.07) is 0.612. The Balaban J connectivity index is 2.16. The van der Waals surface area contributed by atoms with Gasteiger partial charge in [0, 0.05) is 25.0 Å². The van der Waals surface area contributed by atoms with Gasteiger partial charge in [-0.3, -0.25) is 4.79 Å². The summed E-state index contributed by atoms with van der Waals surface area (Å²) < 4.78 is 5.47. The third-order valence-electron chi connectivity index (χ3n) is 3.73. The molecule has 0 spiro atoms. The molecular formula is C15H29NO2. The molecule has 3 heteroatoms. The topological polar surface area (TPSA) is 29.5 Å². The second-order valence-electron chi connectivity index (χ2n) is 5.89. The van der Waals surface area contributed by atoms with E-state index in [9.17, 15) is 4.79 Å². The van der Waals surface area contributed by atoms with Crippen molar-refractivity contribution in [2.45, 2.75) is 65.5 Å². The van der Waals surface area contributed by atoms with Gasteiger partial charge < -0.3 is 9.64 Å². The molecule has 1 heterocycles. The first-order valence-electron chi connectivity index (χ1n) is 7.39. The average Bonchev–Trinajstić information content (AvgIpc) is 2.34. The predicted molar refractivity (Wildman–Crippen MR) is 74.8 cm³/mol. The Labute approximate surface area is 112 Å². The zero-order chi connectivity index (χ0) is 13.5. The Hall–Kier alpha value is -0.410. The van der Waals surface area contributed by atoms with Crippen LogP contribution in [0.3, 0.4) is 0 Å². The van der Waals surface area contributed by atoms with Gasteiger partial charge in [0.2, 0.25) is 0 Å².